The van der Waals surface area contributed by atoms with Crippen molar-refractivity contribution in [3.8, 4) is 17.3 Å². The van der Waals surface area contributed by atoms with Crippen molar-refractivity contribution >= 4 is 11.6 Å². The lowest BCUT2D eigenvalue weighted by Crippen LogP contribution is -2.00. The van der Waals surface area contributed by atoms with Crippen LogP contribution in [-0.4, -0.2) is 9.97 Å². The molecule has 3 nitrogen and oxygen atoms in total. The predicted octanol–water partition coefficient (Wildman–Crippen LogP) is 3.99. The molecule has 5 heteroatoms. The van der Waals surface area contributed by atoms with Crippen LogP contribution >= 0.6 is 11.6 Å². The molecular formula is C15H11ClFN3. The number of aromatic nitrogens is 2. The van der Waals surface area contributed by atoms with E-state index in [0.717, 1.165) is 12.8 Å². The number of nitriles is 1. The fourth-order valence-corrected chi connectivity index (χ4v) is 2.28. The average Bonchev–Trinajstić information content (AvgIpc) is 3.25. The van der Waals surface area contributed by atoms with Crippen LogP contribution in [-0.2, 0) is 0 Å². The molecule has 1 aliphatic rings. The summed E-state index contributed by atoms with van der Waals surface area (Å²) in [4.78, 5) is 8.79. The van der Waals surface area contributed by atoms with Crippen molar-refractivity contribution in [2.45, 2.75) is 25.7 Å². The van der Waals surface area contributed by atoms with Crippen LogP contribution in [0.1, 0.15) is 35.7 Å². The molecule has 1 aliphatic carbocycles. The van der Waals surface area contributed by atoms with E-state index in [2.05, 4.69) is 9.97 Å². The fraction of sp³-hybridized carbons (Fsp3) is 0.267. The van der Waals surface area contributed by atoms with Crippen LogP contribution < -0.4 is 0 Å². The maximum absolute atomic E-state index is 13.6. The van der Waals surface area contributed by atoms with Crippen LogP contribution in [0, 0.1) is 24.1 Å². The Labute approximate surface area is 121 Å². The quantitative estimate of drug-likeness (QED) is 0.785. The van der Waals surface area contributed by atoms with Gasteiger partial charge in [-0.1, -0.05) is 11.6 Å². The Balaban J connectivity index is 2.18. The summed E-state index contributed by atoms with van der Waals surface area (Å²) in [7, 11) is 0. The van der Waals surface area contributed by atoms with Gasteiger partial charge in [0.1, 0.15) is 16.8 Å². The van der Waals surface area contributed by atoms with Crippen molar-refractivity contribution in [2.75, 3.05) is 0 Å². The SMILES string of the molecule is Cc1c(Cl)nc(C2CC2)nc1-c1cc(F)cc(C#N)c1. The lowest BCUT2D eigenvalue weighted by atomic mass is 10.0. The molecule has 0 saturated heterocycles. The molecule has 0 N–H and O–H groups in total. The molecule has 3 rings (SSSR count). The molecule has 1 aromatic carbocycles. The summed E-state index contributed by atoms with van der Waals surface area (Å²) in [5.41, 5.74) is 2.13. The van der Waals surface area contributed by atoms with Gasteiger partial charge < -0.3 is 0 Å². The van der Waals surface area contributed by atoms with Gasteiger partial charge >= 0.3 is 0 Å². The first-order chi connectivity index (χ1) is 9.58. The van der Waals surface area contributed by atoms with Crippen molar-refractivity contribution < 1.29 is 4.39 Å². The highest BCUT2D eigenvalue weighted by Gasteiger charge is 2.28. The summed E-state index contributed by atoms with van der Waals surface area (Å²) in [6.45, 7) is 1.80. The summed E-state index contributed by atoms with van der Waals surface area (Å²) >= 11 is 6.14. The Morgan fingerprint density at radius 1 is 1.30 bits per heavy atom. The molecule has 2 aromatic rings. The standard InChI is InChI=1S/C15H11ClFN3/c1-8-13(11-4-9(7-18)5-12(17)6-11)19-15(10-2-3-10)20-14(8)16/h4-6,10H,2-3H2,1H3. The second kappa shape index (κ2) is 4.84. The summed E-state index contributed by atoms with van der Waals surface area (Å²) in [5.74, 6) is 0.607. The second-order valence-electron chi connectivity index (χ2n) is 4.96. The van der Waals surface area contributed by atoms with Crippen LogP contribution in [0.25, 0.3) is 11.3 Å². The lowest BCUT2D eigenvalue weighted by molar-refractivity contribution is 0.627. The first kappa shape index (κ1) is 13.0. The van der Waals surface area contributed by atoms with Gasteiger partial charge in [-0.2, -0.15) is 5.26 Å². The van der Waals surface area contributed by atoms with Gasteiger partial charge in [-0.15, -0.1) is 0 Å². The maximum atomic E-state index is 13.6. The molecule has 0 spiro atoms. The minimum Gasteiger partial charge on any atom is -0.232 e. The number of benzene rings is 1. The maximum Gasteiger partial charge on any atom is 0.136 e. The molecule has 1 aromatic heterocycles. The minimum atomic E-state index is -0.457. The summed E-state index contributed by atoms with van der Waals surface area (Å²) in [6, 6.07) is 6.12. The first-order valence-electron chi connectivity index (χ1n) is 6.33. The Morgan fingerprint density at radius 3 is 2.70 bits per heavy atom. The van der Waals surface area contributed by atoms with Gasteiger partial charge in [-0.3, -0.25) is 0 Å². The second-order valence-corrected chi connectivity index (χ2v) is 5.32. The highest BCUT2D eigenvalue weighted by molar-refractivity contribution is 6.30. The zero-order chi connectivity index (χ0) is 14.3. The average molecular weight is 288 g/mol. The van der Waals surface area contributed by atoms with E-state index in [-0.39, 0.29) is 5.56 Å². The molecule has 0 atom stereocenters. The Bertz CT molecular complexity index is 733. The van der Waals surface area contributed by atoms with E-state index in [1.807, 2.05) is 6.07 Å². The third-order valence-electron chi connectivity index (χ3n) is 3.35. The largest absolute Gasteiger partial charge is 0.232 e. The van der Waals surface area contributed by atoms with E-state index in [1.54, 1.807) is 13.0 Å². The van der Waals surface area contributed by atoms with Gasteiger partial charge in [0.25, 0.3) is 0 Å². The molecule has 0 amide bonds. The van der Waals surface area contributed by atoms with E-state index in [9.17, 15) is 4.39 Å². The number of hydrogen-bond acceptors (Lipinski definition) is 3. The first-order valence-corrected chi connectivity index (χ1v) is 6.71. The molecule has 0 radical (unpaired) electrons. The number of rotatable bonds is 2. The van der Waals surface area contributed by atoms with Gasteiger partial charge in [0.05, 0.1) is 17.3 Å². The Hall–Kier alpha value is -1.99. The number of hydrogen-bond donors (Lipinski definition) is 0. The van der Waals surface area contributed by atoms with E-state index < -0.39 is 5.82 Å². The van der Waals surface area contributed by atoms with Gasteiger partial charge in [0, 0.05) is 17.0 Å². The normalized spacial score (nSPS) is 14.1. The smallest absolute Gasteiger partial charge is 0.136 e. The highest BCUT2D eigenvalue weighted by atomic mass is 35.5. The van der Waals surface area contributed by atoms with Crippen molar-refractivity contribution in [3.05, 3.63) is 46.1 Å². The third kappa shape index (κ3) is 2.37. The Kier molecular flexibility index (Phi) is 3.15. The van der Waals surface area contributed by atoms with Crippen LogP contribution in [0.15, 0.2) is 18.2 Å². The van der Waals surface area contributed by atoms with Crippen molar-refractivity contribution in [1.29, 1.82) is 5.26 Å². The molecule has 1 heterocycles. The minimum absolute atomic E-state index is 0.266. The van der Waals surface area contributed by atoms with Gasteiger partial charge in [-0.25, -0.2) is 14.4 Å². The van der Waals surface area contributed by atoms with Crippen LogP contribution in [0.5, 0.6) is 0 Å². The lowest BCUT2D eigenvalue weighted by Gasteiger charge is -2.09. The Morgan fingerprint density at radius 2 is 2.05 bits per heavy atom. The third-order valence-corrected chi connectivity index (χ3v) is 3.71. The van der Waals surface area contributed by atoms with Crippen molar-refractivity contribution in [3.63, 3.8) is 0 Å². The molecule has 0 bridgehead atoms. The zero-order valence-electron chi connectivity index (χ0n) is 10.8. The fourth-order valence-electron chi connectivity index (χ4n) is 2.10. The van der Waals surface area contributed by atoms with Crippen LogP contribution in [0.2, 0.25) is 5.15 Å². The predicted molar refractivity (Wildman–Crippen MR) is 73.9 cm³/mol. The molecule has 20 heavy (non-hydrogen) atoms. The van der Waals surface area contributed by atoms with E-state index in [4.69, 9.17) is 16.9 Å². The summed E-state index contributed by atoms with van der Waals surface area (Å²) < 4.78 is 13.6. The van der Waals surface area contributed by atoms with Crippen molar-refractivity contribution in [1.82, 2.24) is 9.97 Å². The monoisotopic (exact) mass is 287 g/mol. The highest BCUT2D eigenvalue weighted by Crippen LogP contribution is 2.40. The van der Waals surface area contributed by atoms with Crippen molar-refractivity contribution in [2.24, 2.45) is 0 Å². The van der Waals surface area contributed by atoms with Crippen LogP contribution in [0.3, 0.4) is 0 Å². The van der Waals surface area contributed by atoms with E-state index >= 15 is 0 Å². The van der Waals surface area contributed by atoms with Gasteiger partial charge in [0.2, 0.25) is 0 Å². The van der Waals surface area contributed by atoms with Gasteiger partial charge in [-0.05, 0) is 38.0 Å². The van der Waals surface area contributed by atoms with E-state index in [0.29, 0.717) is 33.7 Å². The summed E-state index contributed by atoms with van der Waals surface area (Å²) in [5, 5.41) is 9.32. The van der Waals surface area contributed by atoms with Gasteiger partial charge in [0.15, 0.2) is 0 Å². The summed E-state index contributed by atoms with van der Waals surface area (Å²) in [6.07, 6.45) is 2.12. The molecule has 100 valence electrons. The molecule has 0 aliphatic heterocycles. The topological polar surface area (TPSA) is 49.6 Å². The van der Waals surface area contributed by atoms with Crippen LogP contribution in [0.4, 0.5) is 4.39 Å². The molecular weight excluding hydrogens is 277 g/mol. The molecule has 1 saturated carbocycles. The molecule has 0 unspecified atom stereocenters. The molecule has 1 fully saturated rings. The number of nitrogens with zero attached hydrogens (tertiary/aromatic N) is 3. The zero-order valence-corrected chi connectivity index (χ0v) is 11.6. The van der Waals surface area contributed by atoms with E-state index in [1.165, 1.54) is 12.1 Å². The number of halogens is 2.